The van der Waals surface area contributed by atoms with Crippen molar-refractivity contribution in [3.05, 3.63) is 36.2 Å². The number of benzene rings is 1. The van der Waals surface area contributed by atoms with Gasteiger partial charge in [-0.25, -0.2) is 0 Å². The summed E-state index contributed by atoms with van der Waals surface area (Å²) in [7, 11) is 0. The maximum Gasteiger partial charge on any atom is 0.116 e. The van der Waals surface area contributed by atoms with Crippen molar-refractivity contribution in [3.8, 4) is 16.9 Å². The third-order valence-electron chi connectivity index (χ3n) is 2.91. The van der Waals surface area contributed by atoms with Crippen LogP contribution in [0.1, 0.15) is 25.3 Å². The SMILES string of the molecule is CCCCn1cc(-c2cc(O)ccc2C)cn1. The van der Waals surface area contributed by atoms with Gasteiger partial charge in [-0.3, -0.25) is 4.68 Å². The number of hydrogen-bond donors (Lipinski definition) is 1. The van der Waals surface area contributed by atoms with Gasteiger partial charge in [-0.2, -0.15) is 5.10 Å². The molecule has 0 unspecified atom stereocenters. The first-order valence-corrected chi connectivity index (χ1v) is 6.03. The maximum absolute atomic E-state index is 9.52. The van der Waals surface area contributed by atoms with Gasteiger partial charge >= 0.3 is 0 Å². The van der Waals surface area contributed by atoms with Gasteiger partial charge in [0, 0.05) is 18.3 Å². The molecular weight excluding hydrogens is 212 g/mol. The van der Waals surface area contributed by atoms with Crippen molar-refractivity contribution in [2.45, 2.75) is 33.2 Å². The number of phenols is 1. The van der Waals surface area contributed by atoms with Gasteiger partial charge in [0.2, 0.25) is 0 Å². The lowest BCUT2D eigenvalue weighted by Gasteiger charge is -2.03. The molecule has 0 saturated carbocycles. The van der Waals surface area contributed by atoms with Gasteiger partial charge in [0.25, 0.3) is 0 Å². The maximum atomic E-state index is 9.52. The molecule has 0 fully saturated rings. The van der Waals surface area contributed by atoms with Gasteiger partial charge in [-0.15, -0.1) is 0 Å². The number of hydrogen-bond acceptors (Lipinski definition) is 2. The van der Waals surface area contributed by atoms with Crippen molar-refractivity contribution >= 4 is 0 Å². The van der Waals surface area contributed by atoms with Crippen molar-refractivity contribution < 1.29 is 5.11 Å². The lowest BCUT2D eigenvalue weighted by molar-refractivity contribution is 0.475. The van der Waals surface area contributed by atoms with Crippen LogP contribution in [-0.4, -0.2) is 14.9 Å². The molecule has 17 heavy (non-hydrogen) atoms. The summed E-state index contributed by atoms with van der Waals surface area (Å²) in [6.07, 6.45) is 6.20. The highest BCUT2D eigenvalue weighted by Crippen LogP contribution is 2.26. The van der Waals surface area contributed by atoms with Crippen molar-refractivity contribution in [1.82, 2.24) is 9.78 Å². The van der Waals surface area contributed by atoms with Gasteiger partial charge in [0.15, 0.2) is 0 Å². The Balaban J connectivity index is 2.27. The van der Waals surface area contributed by atoms with E-state index < -0.39 is 0 Å². The summed E-state index contributed by atoms with van der Waals surface area (Å²) in [5.41, 5.74) is 3.26. The molecule has 1 N–H and O–H groups in total. The topological polar surface area (TPSA) is 38.0 Å². The van der Waals surface area contributed by atoms with Gasteiger partial charge in [0.05, 0.1) is 6.20 Å². The number of unbranched alkanes of at least 4 members (excludes halogenated alkanes) is 1. The first-order valence-electron chi connectivity index (χ1n) is 6.03. The minimum Gasteiger partial charge on any atom is -0.508 e. The summed E-state index contributed by atoms with van der Waals surface area (Å²) in [4.78, 5) is 0. The molecule has 90 valence electrons. The summed E-state index contributed by atoms with van der Waals surface area (Å²) in [6, 6.07) is 5.42. The van der Waals surface area contributed by atoms with E-state index >= 15 is 0 Å². The van der Waals surface area contributed by atoms with Crippen molar-refractivity contribution in [2.75, 3.05) is 0 Å². The smallest absolute Gasteiger partial charge is 0.116 e. The molecule has 0 aliphatic rings. The predicted molar refractivity (Wildman–Crippen MR) is 69.0 cm³/mol. The van der Waals surface area contributed by atoms with Crippen LogP contribution in [0.4, 0.5) is 0 Å². The van der Waals surface area contributed by atoms with Gasteiger partial charge in [-0.1, -0.05) is 19.4 Å². The molecule has 1 heterocycles. The standard InChI is InChI=1S/C14H18N2O/c1-3-4-7-16-10-12(9-15-16)14-8-13(17)6-5-11(14)2/h5-6,8-10,17H,3-4,7H2,1-2H3. The highest BCUT2D eigenvalue weighted by atomic mass is 16.3. The molecule has 3 heteroatoms. The number of phenolic OH excluding ortho intramolecular Hbond substituents is 1. The fraction of sp³-hybridized carbons (Fsp3) is 0.357. The van der Waals surface area contributed by atoms with Crippen molar-refractivity contribution in [2.24, 2.45) is 0 Å². The van der Waals surface area contributed by atoms with Crippen LogP contribution in [-0.2, 0) is 6.54 Å². The van der Waals surface area contributed by atoms with E-state index in [1.807, 2.05) is 30.1 Å². The third-order valence-corrected chi connectivity index (χ3v) is 2.91. The van der Waals surface area contributed by atoms with E-state index in [1.165, 1.54) is 6.42 Å². The van der Waals surface area contributed by atoms with E-state index in [0.717, 1.165) is 29.7 Å². The lowest BCUT2D eigenvalue weighted by atomic mass is 10.0. The summed E-state index contributed by atoms with van der Waals surface area (Å²) >= 11 is 0. The fourth-order valence-electron chi connectivity index (χ4n) is 1.87. The summed E-state index contributed by atoms with van der Waals surface area (Å²) < 4.78 is 1.96. The third kappa shape index (κ3) is 2.67. The molecule has 0 atom stereocenters. The predicted octanol–water partition coefficient (Wildman–Crippen LogP) is 3.36. The molecule has 1 aromatic carbocycles. The zero-order valence-corrected chi connectivity index (χ0v) is 10.3. The number of aryl methyl sites for hydroxylation is 2. The highest BCUT2D eigenvalue weighted by molar-refractivity contribution is 5.67. The Hall–Kier alpha value is -1.77. The van der Waals surface area contributed by atoms with Gasteiger partial charge in [-0.05, 0) is 36.6 Å². The van der Waals surface area contributed by atoms with Crippen LogP contribution in [0.15, 0.2) is 30.6 Å². The second-order valence-electron chi connectivity index (χ2n) is 4.34. The molecule has 0 aliphatic heterocycles. The van der Waals surface area contributed by atoms with Gasteiger partial charge in [0.1, 0.15) is 5.75 Å². The quantitative estimate of drug-likeness (QED) is 0.874. The summed E-state index contributed by atoms with van der Waals surface area (Å²) in [5, 5.41) is 13.9. The largest absolute Gasteiger partial charge is 0.508 e. The minimum atomic E-state index is 0.298. The summed E-state index contributed by atoms with van der Waals surface area (Å²) in [5.74, 6) is 0.298. The average molecular weight is 230 g/mol. The van der Waals surface area contributed by atoms with E-state index in [1.54, 1.807) is 12.1 Å². The molecule has 0 aliphatic carbocycles. The Morgan fingerprint density at radius 2 is 2.18 bits per heavy atom. The van der Waals surface area contributed by atoms with Gasteiger partial charge < -0.3 is 5.11 Å². The van der Waals surface area contributed by atoms with E-state index in [9.17, 15) is 5.11 Å². The average Bonchev–Trinajstić information content (AvgIpc) is 2.78. The molecule has 1 aromatic heterocycles. The zero-order chi connectivity index (χ0) is 12.3. The van der Waals surface area contributed by atoms with Crippen LogP contribution in [0.3, 0.4) is 0 Å². The molecule has 0 bridgehead atoms. The highest BCUT2D eigenvalue weighted by Gasteiger charge is 2.05. The molecule has 0 spiro atoms. The Kier molecular flexibility index (Phi) is 3.47. The summed E-state index contributed by atoms with van der Waals surface area (Å²) in [6.45, 7) is 5.16. The zero-order valence-electron chi connectivity index (χ0n) is 10.3. The lowest BCUT2D eigenvalue weighted by Crippen LogP contribution is -1.96. The normalized spacial score (nSPS) is 10.7. The van der Waals surface area contributed by atoms with E-state index in [0.29, 0.717) is 5.75 Å². The van der Waals surface area contributed by atoms with Crippen LogP contribution >= 0.6 is 0 Å². The molecular formula is C14H18N2O. The molecule has 2 rings (SSSR count). The number of aromatic hydroxyl groups is 1. The van der Waals surface area contributed by atoms with Crippen LogP contribution < -0.4 is 0 Å². The molecule has 3 nitrogen and oxygen atoms in total. The van der Waals surface area contributed by atoms with E-state index in [2.05, 4.69) is 12.0 Å². The Morgan fingerprint density at radius 1 is 1.35 bits per heavy atom. The Morgan fingerprint density at radius 3 is 2.94 bits per heavy atom. The first-order chi connectivity index (χ1) is 8.20. The minimum absolute atomic E-state index is 0.298. The molecule has 0 radical (unpaired) electrons. The van der Waals surface area contributed by atoms with Crippen LogP contribution in [0.2, 0.25) is 0 Å². The molecule has 0 saturated heterocycles. The first kappa shape index (κ1) is 11.7. The van der Waals surface area contributed by atoms with Crippen LogP contribution in [0.5, 0.6) is 5.75 Å². The van der Waals surface area contributed by atoms with E-state index in [-0.39, 0.29) is 0 Å². The molecule has 0 amide bonds. The van der Waals surface area contributed by atoms with Crippen molar-refractivity contribution in [3.63, 3.8) is 0 Å². The van der Waals surface area contributed by atoms with Crippen molar-refractivity contribution in [1.29, 1.82) is 0 Å². The monoisotopic (exact) mass is 230 g/mol. The second kappa shape index (κ2) is 5.04. The Bertz CT molecular complexity index is 503. The molecule has 2 aromatic rings. The number of nitrogens with zero attached hydrogens (tertiary/aromatic N) is 2. The fourth-order valence-corrected chi connectivity index (χ4v) is 1.87. The Labute approximate surface area is 102 Å². The van der Waals surface area contributed by atoms with E-state index in [4.69, 9.17) is 0 Å². The second-order valence-corrected chi connectivity index (χ2v) is 4.34. The number of rotatable bonds is 4. The van der Waals surface area contributed by atoms with Crippen LogP contribution in [0, 0.1) is 6.92 Å². The van der Waals surface area contributed by atoms with Crippen LogP contribution in [0.25, 0.3) is 11.1 Å². The number of aromatic nitrogens is 2.